The SMILES string of the molecule is CC(C)[C@@H](CC(=O)CCc1cc(=O)c(OCc2ccccc2)c2n1CCN(C(C)C)C2=O)Cc1nc(-c2ccc3n[nH]c(=O)n3c2)ncc1F. The molecule has 0 fully saturated rings. The van der Waals surface area contributed by atoms with Crippen molar-refractivity contribution in [1.29, 1.82) is 0 Å². The van der Waals surface area contributed by atoms with Crippen LogP contribution in [0, 0.1) is 17.7 Å². The van der Waals surface area contributed by atoms with Crippen molar-refractivity contribution in [3.63, 3.8) is 0 Å². The van der Waals surface area contributed by atoms with Gasteiger partial charge in [-0.25, -0.2) is 28.7 Å². The summed E-state index contributed by atoms with van der Waals surface area (Å²) in [7, 11) is 0. The van der Waals surface area contributed by atoms with Crippen molar-refractivity contribution < 1.29 is 18.7 Å². The van der Waals surface area contributed by atoms with E-state index in [1.54, 1.807) is 23.2 Å². The average Bonchev–Trinajstić information content (AvgIpc) is 3.47. The van der Waals surface area contributed by atoms with Gasteiger partial charge in [0.15, 0.2) is 28.7 Å². The number of nitrogens with one attached hydrogen (secondary N) is 1. The normalized spacial score (nSPS) is 13.7. The molecule has 0 bridgehead atoms. The van der Waals surface area contributed by atoms with E-state index < -0.39 is 16.9 Å². The summed E-state index contributed by atoms with van der Waals surface area (Å²) in [4.78, 5) is 63.0. The van der Waals surface area contributed by atoms with Crippen LogP contribution in [0.2, 0.25) is 0 Å². The molecule has 260 valence electrons. The zero-order valence-electron chi connectivity index (χ0n) is 28.6. The Morgan fingerprint density at radius 2 is 1.82 bits per heavy atom. The maximum absolute atomic E-state index is 15.0. The predicted octanol–water partition coefficient (Wildman–Crippen LogP) is 4.63. The standard InChI is InChI=1S/C37H40FN7O5/c1-22(2)26(17-30-29(38)19-39-35(40-30)25-10-13-32-41-42-37(49)45(32)20-25)16-28(46)12-11-27-18-31(47)34(50-21-24-8-6-5-7-9-24)33-36(48)43(23(3)4)14-15-44(27)33/h5-10,13,18-20,22-23,26H,11-12,14-17,21H2,1-4H3,(H,42,49)/t26-/m0/s1. The topological polar surface area (TPSA) is 145 Å². The molecular weight excluding hydrogens is 641 g/mol. The monoisotopic (exact) mass is 681 g/mol. The molecule has 6 rings (SSSR count). The van der Waals surface area contributed by atoms with Gasteiger partial charge in [0.25, 0.3) is 5.91 Å². The number of ether oxygens (including phenoxy) is 1. The van der Waals surface area contributed by atoms with Crippen molar-refractivity contribution in [1.82, 2.24) is 34.0 Å². The molecule has 50 heavy (non-hydrogen) atoms. The van der Waals surface area contributed by atoms with Crippen LogP contribution < -0.4 is 15.9 Å². The second-order valence-corrected chi connectivity index (χ2v) is 13.3. The van der Waals surface area contributed by atoms with Gasteiger partial charge in [0.05, 0.1) is 11.9 Å². The van der Waals surface area contributed by atoms with E-state index in [0.717, 1.165) is 11.8 Å². The highest BCUT2D eigenvalue weighted by Gasteiger charge is 2.32. The van der Waals surface area contributed by atoms with Gasteiger partial charge < -0.3 is 14.2 Å². The third-order valence-electron chi connectivity index (χ3n) is 9.27. The fourth-order valence-corrected chi connectivity index (χ4v) is 6.34. The van der Waals surface area contributed by atoms with Gasteiger partial charge in [0.2, 0.25) is 5.43 Å². The van der Waals surface area contributed by atoms with Gasteiger partial charge in [-0.05, 0) is 56.2 Å². The number of aromatic nitrogens is 6. The number of rotatable bonds is 13. The third kappa shape index (κ3) is 7.26. The summed E-state index contributed by atoms with van der Waals surface area (Å²) < 4.78 is 24.2. The number of nitrogens with zero attached hydrogens (tertiary/aromatic N) is 6. The summed E-state index contributed by atoms with van der Waals surface area (Å²) in [5.41, 5.74) is 2.00. The van der Waals surface area contributed by atoms with Crippen molar-refractivity contribution in [3.05, 3.63) is 110 Å². The largest absolute Gasteiger partial charge is 0.483 e. The summed E-state index contributed by atoms with van der Waals surface area (Å²) >= 11 is 0. The average molecular weight is 682 g/mol. The molecule has 1 aliphatic heterocycles. The molecule has 0 aliphatic carbocycles. The van der Waals surface area contributed by atoms with Crippen LogP contribution in [0.1, 0.15) is 68.0 Å². The van der Waals surface area contributed by atoms with Crippen molar-refractivity contribution in [2.24, 2.45) is 11.8 Å². The molecule has 1 aliphatic rings. The van der Waals surface area contributed by atoms with Crippen molar-refractivity contribution in [3.8, 4) is 17.1 Å². The van der Waals surface area contributed by atoms with E-state index in [1.165, 1.54) is 10.5 Å². The van der Waals surface area contributed by atoms with E-state index >= 15 is 4.39 Å². The highest BCUT2D eigenvalue weighted by atomic mass is 19.1. The molecular formula is C37H40FN7O5. The zero-order chi connectivity index (χ0) is 35.5. The Labute approximate surface area is 288 Å². The fraction of sp³-hybridized carbons (Fsp3) is 0.378. The highest BCUT2D eigenvalue weighted by molar-refractivity contribution is 5.96. The number of fused-ring (bicyclic) bond motifs is 2. The van der Waals surface area contributed by atoms with Crippen molar-refractivity contribution in [2.45, 2.75) is 72.6 Å². The minimum atomic E-state index is -0.575. The minimum Gasteiger partial charge on any atom is -0.483 e. The lowest BCUT2D eigenvalue weighted by Crippen LogP contribution is -2.46. The van der Waals surface area contributed by atoms with E-state index in [9.17, 15) is 19.2 Å². The van der Waals surface area contributed by atoms with Gasteiger partial charge in [-0.2, -0.15) is 5.10 Å². The number of pyridine rings is 2. The number of Topliss-reactive ketones (excluding diaryl/α,β-unsaturated/α-hetero) is 1. The maximum Gasteiger partial charge on any atom is 0.347 e. The molecule has 1 aromatic carbocycles. The van der Waals surface area contributed by atoms with Gasteiger partial charge in [-0.1, -0.05) is 44.2 Å². The Hall–Kier alpha value is -5.46. The van der Waals surface area contributed by atoms with Crippen LogP contribution in [-0.4, -0.2) is 58.3 Å². The summed E-state index contributed by atoms with van der Waals surface area (Å²) in [6.45, 7) is 8.90. The number of halogens is 1. The third-order valence-corrected chi connectivity index (χ3v) is 9.27. The van der Waals surface area contributed by atoms with Gasteiger partial charge >= 0.3 is 5.69 Å². The lowest BCUT2D eigenvalue weighted by molar-refractivity contribution is -0.120. The molecule has 12 nitrogen and oxygen atoms in total. The first-order chi connectivity index (χ1) is 24.0. The number of carbonyl (C=O) groups excluding carboxylic acids is 2. The zero-order valence-corrected chi connectivity index (χ0v) is 28.6. The molecule has 0 unspecified atom stereocenters. The fourth-order valence-electron chi connectivity index (χ4n) is 6.34. The molecule has 5 heterocycles. The van der Waals surface area contributed by atoms with Crippen molar-refractivity contribution in [2.75, 3.05) is 6.54 Å². The molecule has 5 aromatic rings. The Balaban J connectivity index is 1.19. The lowest BCUT2D eigenvalue weighted by atomic mass is 9.85. The summed E-state index contributed by atoms with van der Waals surface area (Å²) in [6, 6.07) is 14.2. The van der Waals surface area contributed by atoms with Crippen LogP contribution in [0.5, 0.6) is 5.75 Å². The van der Waals surface area contributed by atoms with Crippen LogP contribution in [0.15, 0.2) is 70.5 Å². The van der Waals surface area contributed by atoms with Crippen LogP contribution in [0.25, 0.3) is 17.0 Å². The Morgan fingerprint density at radius 1 is 1.04 bits per heavy atom. The quantitative estimate of drug-likeness (QED) is 0.190. The molecule has 1 N–H and O–H groups in total. The number of aromatic amines is 1. The van der Waals surface area contributed by atoms with E-state index in [1.807, 2.05) is 62.6 Å². The van der Waals surface area contributed by atoms with E-state index in [0.29, 0.717) is 30.0 Å². The Morgan fingerprint density at radius 3 is 2.56 bits per heavy atom. The number of aryl methyl sites for hydroxylation is 1. The minimum absolute atomic E-state index is 0.0159. The van der Waals surface area contributed by atoms with E-state index in [4.69, 9.17) is 4.74 Å². The molecule has 0 saturated heterocycles. The van der Waals surface area contributed by atoms with Crippen LogP contribution in [0.4, 0.5) is 4.39 Å². The number of carbonyl (C=O) groups is 2. The molecule has 1 amide bonds. The molecule has 0 saturated carbocycles. The smallest absolute Gasteiger partial charge is 0.347 e. The Bertz CT molecular complexity index is 2160. The number of benzene rings is 1. The first-order valence-corrected chi connectivity index (χ1v) is 16.8. The van der Waals surface area contributed by atoms with Crippen LogP contribution in [0.3, 0.4) is 0 Å². The molecule has 0 radical (unpaired) electrons. The van der Waals surface area contributed by atoms with Gasteiger partial charge in [-0.15, -0.1) is 0 Å². The number of hydrogen-bond donors (Lipinski definition) is 1. The van der Waals surface area contributed by atoms with Crippen molar-refractivity contribution >= 4 is 17.3 Å². The highest BCUT2D eigenvalue weighted by Crippen LogP contribution is 2.27. The second-order valence-electron chi connectivity index (χ2n) is 13.3. The maximum atomic E-state index is 15.0. The molecule has 1 atom stereocenters. The second kappa shape index (κ2) is 14.6. The Kier molecular flexibility index (Phi) is 10.0. The lowest BCUT2D eigenvalue weighted by Gasteiger charge is -2.35. The first-order valence-electron chi connectivity index (χ1n) is 16.8. The molecule has 4 aromatic heterocycles. The van der Waals surface area contributed by atoms with Gasteiger partial charge in [-0.3, -0.25) is 14.4 Å². The summed E-state index contributed by atoms with van der Waals surface area (Å²) in [5.74, 6) is -0.805. The summed E-state index contributed by atoms with van der Waals surface area (Å²) in [5, 5.41) is 6.30. The molecule has 0 spiro atoms. The number of ketones is 1. The number of hydrogen-bond acceptors (Lipinski definition) is 8. The van der Waals surface area contributed by atoms with Gasteiger partial charge in [0.1, 0.15) is 12.4 Å². The predicted molar refractivity (Wildman–Crippen MR) is 184 cm³/mol. The number of amides is 1. The van der Waals surface area contributed by atoms with Crippen LogP contribution >= 0.6 is 0 Å². The first kappa shape index (κ1) is 34.4. The van der Waals surface area contributed by atoms with Gasteiger partial charge in [0, 0.05) is 55.5 Å². The number of H-pyrrole nitrogens is 1. The van der Waals surface area contributed by atoms with E-state index in [2.05, 4.69) is 20.2 Å². The molecule has 13 heteroatoms. The summed E-state index contributed by atoms with van der Waals surface area (Å²) in [6.07, 6.45) is 3.45. The van der Waals surface area contributed by atoms with E-state index in [-0.39, 0.29) is 84.8 Å². The van der Waals surface area contributed by atoms with Crippen LogP contribution in [-0.2, 0) is 30.8 Å².